The smallest absolute Gasteiger partial charge is 0.227 e. The number of aromatic nitrogens is 2. The van der Waals surface area contributed by atoms with Gasteiger partial charge in [0.25, 0.3) is 0 Å². The van der Waals surface area contributed by atoms with Crippen LogP contribution >= 0.6 is 0 Å². The highest BCUT2D eigenvalue weighted by Crippen LogP contribution is 2.44. The van der Waals surface area contributed by atoms with Crippen molar-refractivity contribution in [2.24, 2.45) is 0 Å². The van der Waals surface area contributed by atoms with Gasteiger partial charge >= 0.3 is 0 Å². The second-order valence-corrected chi connectivity index (χ2v) is 17.1. The number of fused-ring (bicyclic) bond motifs is 12. The van der Waals surface area contributed by atoms with Crippen molar-refractivity contribution in [1.82, 2.24) is 9.55 Å². The molecule has 0 saturated carbocycles. The number of anilines is 3. The fourth-order valence-corrected chi connectivity index (χ4v) is 10.3. The van der Waals surface area contributed by atoms with Crippen LogP contribution in [0.4, 0.5) is 17.1 Å². The van der Waals surface area contributed by atoms with Gasteiger partial charge in [-0.25, -0.2) is 4.98 Å². The first-order valence-electron chi connectivity index (χ1n) is 22.4. The van der Waals surface area contributed by atoms with Crippen molar-refractivity contribution in [3.8, 4) is 28.3 Å². The Balaban J connectivity index is 0.940. The molecular weight excluding hydrogens is 807 g/mol. The minimum absolute atomic E-state index is 0.609. The van der Waals surface area contributed by atoms with E-state index in [0.29, 0.717) is 5.89 Å². The van der Waals surface area contributed by atoms with Crippen molar-refractivity contribution in [2.45, 2.75) is 0 Å². The van der Waals surface area contributed by atoms with E-state index in [4.69, 9.17) is 13.8 Å². The summed E-state index contributed by atoms with van der Waals surface area (Å²) < 4.78 is 15.5. The molecule has 0 atom stereocenters. The summed E-state index contributed by atoms with van der Waals surface area (Å²) in [5, 5.41) is 11.4. The predicted molar refractivity (Wildman–Crippen MR) is 274 cm³/mol. The summed E-state index contributed by atoms with van der Waals surface area (Å²) in [5.41, 5.74) is 13.0. The van der Waals surface area contributed by atoms with Crippen LogP contribution in [0.25, 0.3) is 115 Å². The lowest BCUT2D eigenvalue weighted by Crippen LogP contribution is -2.10. The summed E-state index contributed by atoms with van der Waals surface area (Å²) >= 11 is 0. The fourth-order valence-electron chi connectivity index (χ4n) is 10.3. The molecule has 3 heterocycles. The maximum absolute atomic E-state index is 6.88. The van der Waals surface area contributed by atoms with Crippen LogP contribution in [0.1, 0.15) is 0 Å². The van der Waals surface area contributed by atoms with Gasteiger partial charge in [-0.15, -0.1) is 0 Å². The Kier molecular flexibility index (Phi) is 7.91. The number of benzene rings is 11. The molecule has 0 spiro atoms. The molecule has 14 aromatic rings. The van der Waals surface area contributed by atoms with Gasteiger partial charge in [-0.3, -0.25) is 0 Å². The fraction of sp³-hybridized carbons (Fsp3) is 0. The van der Waals surface area contributed by atoms with E-state index in [0.717, 1.165) is 94.0 Å². The Bertz CT molecular complexity index is 4170. The van der Waals surface area contributed by atoms with E-state index in [1.54, 1.807) is 0 Å². The lowest BCUT2D eigenvalue weighted by Gasteiger charge is -2.26. The molecule has 5 heteroatoms. The monoisotopic (exact) mass is 843 g/mol. The molecule has 0 aliphatic rings. The van der Waals surface area contributed by atoms with Crippen LogP contribution in [0.5, 0.6) is 0 Å². The molecule has 0 N–H and O–H groups in total. The minimum Gasteiger partial charge on any atom is -0.456 e. The van der Waals surface area contributed by atoms with E-state index in [2.05, 4.69) is 222 Å². The van der Waals surface area contributed by atoms with Gasteiger partial charge in [0.2, 0.25) is 5.89 Å². The summed E-state index contributed by atoms with van der Waals surface area (Å²) in [4.78, 5) is 7.65. The van der Waals surface area contributed by atoms with Gasteiger partial charge in [0.1, 0.15) is 16.7 Å². The van der Waals surface area contributed by atoms with Crippen LogP contribution in [0.3, 0.4) is 0 Å². The minimum atomic E-state index is 0.609. The summed E-state index contributed by atoms with van der Waals surface area (Å²) in [5.74, 6) is 0.609. The average molecular weight is 844 g/mol. The third-order valence-corrected chi connectivity index (χ3v) is 13.4. The zero-order chi connectivity index (χ0) is 43.3. The van der Waals surface area contributed by atoms with E-state index >= 15 is 0 Å². The maximum atomic E-state index is 6.88. The van der Waals surface area contributed by atoms with Crippen molar-refractivity contribution in [2.75, 3.05) is 4.90 Å². The van der Waals surface area contributed by atoms with E-state index in [1.807, 2.05) is 12.1 Å². The molecule has 3 aromatic heterocycles. The molecule has 0 unspecified atom stereocenters. The molecule has 11 aromatic carbocycles. The molecule has 0 saturated heterocycles. The van der Waals surface area contributed by atoms with Gasteiger partial charge in [0.15, 0.2) is 5.58 Å². The van der Waals surface area contributed by atoms with Crippen LogP contribution in [0.15, 0.2) is 233 Å². The Labute approximate surface area is 378 Å². The maximum Gasteiger partial charge on any atom is 0.227 e. The molecule has 0 aliphatic heterocycles. The highest BCUT2D eigenvalue weighted by atomic mass is 16.3. The number of para-hydroxylation sites is 3. The van der Waals surface area contributed by atoms with Crippen molar-refractivity contribution >= 4 is 104 Å². The normalized spacial score (nSPS) is 11.9. The second-order valence-electron chi connectivity index (χ2n) is 17.1. The van der Waals surface area contributed by atoms with E-state index in [9.17, 15) is 0 Å². The predicted octanol–water partition coefficient (Wildman–Crippen LogP) is 17.1. The first kappa shape index (κ1) is 36.5. The molecule has 66 heavy (non-hydrogen) atoms. The number of nitrogens with zero attached hydrogens (tertiary/aromatic N) is 3. The molecule has 0 amide bonds. The SMILES string of the molecule is c1ccc2c(-c3nc4c(-c5ccc(N(c6ccc(-n7c8ccccc8c8ccccc87)cc6)c6ccc7oc8ccccc8c7c6)cc5)cc5c6ccccc6ccc5c4o3)cccc2c1. The molecule has 0 radical (unpaired) electrons. The summed E-state index contributed by atoms with van der Waals surface area (Å²) in [6, 6.07) is 79.8. The lowest BCUT2D eigenvalue weighted by atomic mass is 9.95. The van der Waals surface area contributed by atoms with E-state index < -0.39 is 0 Å². The van der Waals surface area contributed by atoms with Gasteiger partial charge in [0, 0.05) is 60.8 Å². The van der Waals surface area contributed by atoms with Crippen LogP contribution in [-0.2, 0) is 0 Å². The second kappa shape index (κ2) is 14.3. The Hall–Kier alpha value is -8.93. The Morgan fingerprint density at radius 1 is 0.364 bits per heavy atom. The molecule has 0 aliphatic carbocycles. The molecular formula is C61H37N3O2. The van der Waals surface area contributed by atoms with E-state index in [1.165, 1.54) is 32.6 Å². The first-order valence-corrected chi connectivity index (χ1v) is 22.4. The van der Waals surface area contributed by atoms with Crippen LogP contribution < -0.4 is 4.90 Å². The quantitative estimate of drug-likeness (QED) is 0.156. The van der Waals surface area contributed by atoms with Crippen LogP contribution in [0.2, 0.25) is 0 Å². The molecule has 5 nitrogen and oxygen atoms in total. The number of furan rings is 1. The summed E-state index contributed by atoms with van der Waals surface area (Å²) in [6.07, 6.45) is 0. The number of rotatable bonds is 6. The highest BCUT2D eigenvalue weighted by molar-refractivity contribution is 6.19. The number of hydrogen-bond donors (Lipinski definition) is 0. The van der Waals surface area contributed by atoms with Gasteiger partial charge in [-0.1, -0.05) is 133 Å². The van der Waals surface area contributed by atoms with Gasteiger partial charge in [-0.05, 0) is 123 Å². The van der Waals surface area contributed by atoms with Crippen molar-refractivity contribution in [1.29, 1.82) is 0 Å². The van der Waals surface area contributed by atoms with Gasteiger partial charge in [0.05, 0.1) is 11.0 Å². The number of hydrogen-bond acceptors (Lipinski definition) is 4. The zero-order valence-corrected chi connectivity index (χ0v) is 35.5. The molecule has 0 bridgehead atoms. The standard InChI is InChI=1S/C61H37N3O2/c1-3-15-45-38(12-1)14-11-20-51(45)61-62-59-52(37-53-46-16-4-2-13-39(46)26-34-50(53)60(59)66-61)40-24-27-41(28-25-40)63(44-33-35-58-54(36-44)49-19-7-10-23-57(49)65-58)42-29-31-43(32-30-42)64-55-21-8-5-17-47(55)48-18-6-9-22-56(48)64/h1-37H. The van der Waals surface area contributed by atoms with Gasteiger partial charge in [-0.2, -0.15) is 0 Å². The van der Waals surface area contributed by atoms with E-state index in [-0.39, 0.29) is 0 Å². The van der Waals surface area contributed by atoms with Crippen molar-refractivity contribution < 1.29 is 8.83 Å². The van der Waals surface area contributed by atoms with Gasteiger partial charge < -0.3 is 18.3 Å². The summed E-state index contributed by atoms with van der Waals surface area (Å²) in [7, 11) is 0. The number of oxazole rings is 1. The lowest BCUT2D eigenvalue weighted by molar-refractivity contribution is 0.624. The summed E-state index contributed by atoms with van der Waals surface area (Å²) in [6.45, 7) is 0. The first-order chi connectivity index (χ1) is 32.7. The van der Waals surface area contributed by atoms with Crippen LogP contribution in [0, 0.1) is 0 Å². The zero-order valence-electron chi connectivity index (χ0n) is 35.5. The Morgan fingerprint density at radius 3 is 1.71 bits per heavy atom. The van der Waals surface area contributed by atoms with Crippen molar-refractivity contribution in [3.63, 3.8) is 0 Å². The third-order valence-electron chi connectivity index (χ3n) is 13.4. The molecule has 308 valence electrons. The molecule has 14 rings (SSSR count). The molecule has 0 fully saturated rings. The van der Waals surface area contributed by atoms with Crippen LogP contribution in [-0.4, -0.2) is 9.55 Å². The Morgan fingerprint density at radius 2 is 0.955 bits per heavy atom. The topological polar surface area (TPSA) is 47.3 Å². The third kappa shape index (κ3) is 5.57. The highest BCUT2D eigenvalue weighted by Gasteiger charge is 2.21. The average Bonchev–Trinajstić information content (AvgIpc) is 4.09. The largest absolute Gasteiger partial charge is 0.456 e. The van der Waals surface area contributed by atoms with Crippen molar-refractivity contribution in [3.05, 3.63) is 224 Å².